The molecule has 4 rings (SSSR count). The molecular formula is C17H21ClN2O. The Kier molecular flexibility index (Phi) is 4.32. The zero-order valence-corrected chi connectivity index (χ0v) is 12.9. The zero-order chi connectivity index (χ0) is 13.4. The SMILES string of the molecule is Cl.c1cc2c(C3CC3)c(OC3CCNCC3)ccc2cn1. The van der Waals surface area contributed by atoms with E-state index in [0.717, 1.165) is 31.7 Å². The van der Waals surface area contributed by atoms with Crippen molar-refractivity contribution in [3.8, 4) is 5.75 Å². The van der Waals surface area contributed by atoms with Crippen molar-refractivity contribution >= 4 is 23.2 Å². The van der Waals surface area contributed by atoms with Gasteiger partial charge in [0.2, 0.25) is 0 Å². The first-order valence-corrected chi connectivity index (χ1v) is 7.66. The van der Waals surface area contributed by atoms with Crippen LogP contribution in [-0.2, 0) is 0 Å². The summed E-state index contributed by atoms with van der Waals surface area (Å²) in [5.41, 5.74) is 1.42. The fourth-order valence-electron chi connectivity index (χ4n) is 3.16. The summed E-state index contributed by atoms with van der Waals surface area (Å²) in [4.78, 5) is 4.23. The van der Waals surface area contributed by atoms with E-state index < -0.39 is 0 Å². The van der Waals surface area contributed by atoms with Crippen molar-refractivity contribution in [3.05, 3.63) is 36.2 Å². The van der Waals surface area contributed by atoms with E-state index in [2.05, 4.69) is 28.5 Å². The average molecular weight is 305 g/mol. The summed E-state index contributed by atoms with van der Waals surface area (Å²) in [6, 6.07) is 6.43. The number of hydrogen-bond acceptors (Lipinski definition) is 3. The molecule has 0 radical (unpaired) electrons. The minimum Gasteiger partial charge on any atom is -0.490 e. The van der Waals surface area contributed by atoms with Crippen molar-refractivity contribution in [2.24, 2.45) is 0 Å². The van der Waals surface area contributed by atoms with E-state index in [-0.39, 0.29) is 12.4 Å². The van der Waals surface area contributed by atoms with Gasteiger partial charge in [0.15, 0.2) is 0 Å². The second-order valence-electron chi connectivity index (χ2n) is 5.92. The fourth-order valence-corrected chi connectivity index (χ4v) is 3.16. The molecule has 0 bridgehead atoms. The fraction of sp³-hybridized carbons (Fsp3) is 0.471. The quantitative estimate of drug-likeness (QED) is 0.939. The molecule has 1 aliphatic heterocycles. The lowest BCUT2D eigenvalue weighted by molar-refractivity contribution is 0.161. The Labute approximate surface area is 131 Å². The first kappa shape index (κ1) is 14.6. The molecule has 3 nitrogen and oxygen atoms in total. The third kappa shape index (κ3) is 2.99. The number of pyridine rings is 1. The summed E-state index contributed by atoms with van der Waals surface area (Å²) in [5.74, 6) is 1.80. The standard InChI is InChI=1S/C17H20N2O.ClH/c1-2-12(1)17-15-7-10-19-11-13(15)3-4-16(17)20-14-5-8-18-9-6-14;/h3-4,7,10-12,14,18H,1-2,5-6,8-9H2;1H. The van der Waals surface area contributed by atoms with Crippen LogP contribution in [0.25, 0.3) is 10.8 Å². The number of nitrogens with one attached hydrogen (secondary N) is 1. The van der Waals surface area contributed by atoms with Gasteiger partial charge in [-0.25, -0.2) is 0 Å². The van der Waals surface area contributed by atoms with Crippen molar-refractivity contribution < 1.29 is 4.74 Å². The molecule has 1 saturated carbocycles. The molecule has 1 N–H and O–H groups in total. The molecule has 112 valence electrons. The molecule has 1 saturated heterocycles. The van der Waals surface area contributed by atoms with Gasteiger partial charge >= 0.3 is 0 Å². The van der Waals surface area contributed by atoms with Gasteiger partial charge in [-0.15, -0.1) is 12.4 Å². The Bertz CT molecular complexity index is 621. The average Bonchev–Trinajstić information content (AvgIpc) is 3.33. The van der Waals surface area contributed by atoms with Crippen LogP contribution < -0.4 is 10.1 Å². The van der Waals surface area contributed by atoms with Crippen molar-refractivity contribution in [2.75, 3.05) is 13.1 Å². The van der Waals surface area contributed by atoms with E-state index >= 15 is 0 Å². The summed E-state index contributed by atoms with van der Waals surface area (Å²) in [6.07, 6.45) is 9.02. The van der Waals surface area contributed by atoms with Gasteiger partial charge in [0.1, 0.15) is 11.9 Å². The molecule has 0 spiro atoms. The maximum absolute atomic E-state index is 6.34. The minimum atomic E-state index is 0. The maximum Gasteiger partial charge on any atom is 0.123 e. The van der Waals surface area contributed by atoms with Crippen molar-refractivity contribution in [1.29, 1.82) is 0 Å². The molecule has 2 heterocycles. The van der Waals surface area contributed by atoms with Gasteiger partial charge in [-0.05, 0) is 68.3 Å². The monoisotopic (exact) mass is 304 g/mol. The topological polar surface area (TPSA) is 34.1 Å². The Balaban J connectivity index is 0.00000132. The number of halogens is 1. The van der Waals surface area contributed by atoms with E-state index in [1.807, 2.05) is 12.4 Å². The number of piperidine rings is 1. The third-order valence-electron chi connectivity index (χ3n) is 4.39. The summed E-state index contributed by atoms with van der Waals surface area (Å²) in [6.45, 7) is 2.14. The van der Waals surface area contributed by atoms with Gasteiger partial charge in [-0.3, -0.25) is 4.98 Å². The zero-order valence-electron chi connectivity index (χ0n) is 12.0. The Hall–Kier alpha value is -1.32. The van der Waals surface area contributed by atoms with E-state index in [9.17, 15) is 0 Å². The lowest BCUT2D eigenvalue weighted by Crippen LogP contribution is -2.34. The molecule has 1 aromatic heterocycles. The largest absolute Gasteiger partial charge is 0.490 e. The van der Waals surface area contributed by atoms with Crippen LogP contribution in [0.5, 0.6) is 5.75 Å². The summed E-state index contributed by atoms with van der Waals surface area (Å²) in [7, 11) is 0. The number of rotatable bonds is 3. The van der Waals surface area contributed by atoms with Crippen molar-refractivity contribution in [3.63, 3.8) is 0 Å². The normalized spacial score (nSPS) is 19.2. The smallest absolute Gasteiger partial charge is 0.123 e. The number of aromatic nitrogens is 1. The number of nitrogens with zero attached hydrogens (tertiary/aromatic N) is 1. The molecule has 0 unspecified atom stereocenters. The Morgan fingerprint density at radius 3 is 2.62 bits per heavy atom. The molecule has 1 aliphatic carbocycles. The highest BCUT2D eigenvalue weighted by Gasteiger charge is 2.29. The maximum atomic E-state index is 6.34. The second-order valence-corrected chi connectivity index (χ2v) is 5.92. The van der Waals surface area contributed by atoms with Crippen molar-refractivity contribution in [2.45, 2.75) is 37.7 Å². The van der Waals surface area contributed by atoms with Crippen LogP contribution in [0.2, 0.25) is 0 Å². The summed E-state index contributed by atoms with van der Waals surface area (Å²) < 4.78 is 6.34. The molecule has 2 fully saturated rings. The van der Waals surface area contributed by atoms with Crippen LogP contribution >= 0.6 is 12.4 Å². The number of fused-ring (bicyclic) bond motifs is 1. The highest BCUT2D eigenvalue weighted by molar-refractivity contribution is 5.88. The Morgan fingerprint density at radius 1 is 1.05 bits per heavy atom. The highest BCUT2D eigenvalue weighted by atomic mass is 35.5. The van der Waals surface area contributed by atoms with E-state index in [0.29, 0.717) is 12.0 Å². The summed E-state index contributed by atoms with van der Waals surface area (Å²) >= 11 is 0. The molecule has 1 aromatic carbocycles. The molecule has 2 aromatic rings. The van der Waals surface area contributed by atoms with E-state index in [1.165, 1.54) is 29.2 Å². The van der Waals surface area contributed by atoms with Gasteiger partial charge in [0.05, 0.1) is 0 Å². The third-order valence-corrected chi connectivity index (χ3v) is 4.39. The number of benzene rings is 1. The lowest BCUT2D eigenvalue weighted by atomic mass is 10.0. The molecule has 0 amide bonds. The van der Waals surface area contributed by atoms with Crippen LogP contribution in [0.3, 0.4) is 0 Å². The van der Waals surface area contributed by atoms with E-state index in [1.54, 1.807) is 0 Å². The van der Waals surface area contributed by atoms with E-state index in [4.69, 9.17) is 4.74 Å². The van der Waals surface area contributed by atoms with Gasteiger partial charge in [-0.2, -0.15) is 0 Å². The summed E-state index contributed by atoms with van der Waals surface area (Å²) in [5, 5.41) is 5.95. The van der Waals surface area contributed by atoms with Crippen LogP contribution in [0, 0.1) is 0 Å². The lowest BCUT2D eigenvalue weighted by Gasteiger charge is -2.25. The van der Waals surface area contributed by atoms with Gasteiger partial charge in [-0.1, -0.05) is 0 Å². The first-order chi connectivity index (χ1) is 9.92. The van der Waals surface area contributed by atoms with Crippen LogP contribution in [0.1, 0.15) is 37.2 Å². The molecule has 21 heavy (non-hydrogen) atoms. The molecular weight excluding hydrogens is 284 g/mol. The predicted octanol–water partition coefficient (Wildman–Crippen LogP) is 3.66. The Morgan fingerprint density at radius 2 is 1.86 bits per heavy atom. The predicted molar refractivity (Wildman–Crippen MR) is 87.5 cm³/mol. The number of hydrogen-bond donors (Lipinski definition) is 1. The first-order valence-electron chi connectivity index (χ1n) is 7.66. The van der Waals surface area contributed by atoms with Crippen LogP contribution in [0.4, 0.5) is 0 Å². The minimum absolute atomic E-state index is 0. The van der Waals surface area contributed by atoms with Crippen molar-refractivity contribution in [1.82, 2.24) is 10.3 Å². The van der Waals surface area contributed by atoms with Gasteiger partial charge < -0.3 is 10.1 Å². The second kappa shape index (κ2) is 6.20. The van der Waals surface area contributed by atoms with Crippen LogP contribution in [0.15, 0.2) is 30.6 Å². The molecule has 4 heteroatoms. The van der Waals surface area contributed by atoms with Crippen LogP contribution in [-0.4, -0.2) is 24.2 Å². The molecule has 0 atom stereocenters. The van der Waals surface area contributed by atoms with Gasteiger partial charge in [0, 0.05) is 23.3 Å². The highest BCUT2D eigenvalue weighted by Crippen LogP contribution is 2.47. The number of ether oxygens (including phenoxy) is 1. The van der Waals surface area contributed by atoms with Gasteiger partial charge in [0.25, 0.3) is 0 Å². The molecule has 2 aliphatic rings.